The van der Waals surface area contributed by atoms with Gasteiger partial charge in [-0.05, 0) is 45.9 Å². The zero-order chi connectivity index (χ0) is 18.3. The maximum Gasteiger partial charge on any atom is 0.431 e. The maximum atomic E-state index is 11.6. The van der Waals surface area contributed by atoms with Crippen LogP contribution < -0.4 is 10.2 Å². The highest BCUT2D eigenvalue weighted by molar-refractivity contribution is 5.98. The summed E-state index contributed by atoms with van der Waals surface area (Å²) >= 11 is 0. The van der Waals surface area contributed by atoms with E-state index >= 15 is 0 Å². The number of carbonyl (C=O) groups is 3. The number of hydroxylamine groups is 1. The number of amides is 1. The molecule has 1 amide bonds. The Hall–Kier alpha value is -2.61. The van der Waals surface area contributed by atoms with Gasteiger partial charge < -0.3 is 14.2 Å². The lowest BCUT2D eigenvalue weighted by atomic mass is 10.1. The summed E-state index contributed by atoms with van der Waals surface area (Å²) in [6, 6.07) is 4.25. The van der Waals surface area contributed by atoms with E-state index in [1.165, 1.54) is 32.2 Å². The first-order chi connectivity index (χ1) is 11.1. The molecule has 0 atom stereocenters. The van der Waals surface area contributed by atoms with Crippen LogP contribution in [-0.4, -0.2) is 37.3 Å². The molecule has 0 aliphatic rings. The van der Waals surface area contributed by atoms with Crippen LogP contribution in [0.4, 0.5) is 4.79 Å². The molecule has 1 rings (SSSR count). The summed E-state index contributed by atoms with van der Waals surface area (Å²) in [6.07, 6.45) is -0.765. The fourth-order valence-electron chi connectivity index (χ4n) is 1.61. The molecule has 24 heavy (non-hydrogen) atoms. The van der Waals surface area contributed by atoms with Gasteiger partial charge in [-0.25, -0.2) is 14.4 Å². The topological polar surface area (TPSA) is 100 Å². The second kappa shape index (κ2) is 8.30. The van der Waals surface area contributed by atoms with Crippen LogP contribution in [0.3, 0.4) is 0 Å². The van der Waals surface area contributed by atoms with E-state index < -0.39 is 17.7 Å². The van der Waals surface area contributed by atoms with Gasteiger partial charge in [0.2, 0.25) is 6.79 Å². The summed E-state index contributed by atoms with van der Waals surface area (Å²) in [4.78, 5) is 39.3. The summed E-state index contributed by atoms with van der Waals surface area (Å²) in [5, 5.41) is 0. The lowest BCUT2D eigenvalue weighted by Crippen LogP contribution is -2.33. The highest BCUT2D eigenvalue weighted by Gasteiger charge is 2.16. The van der Waals surface area contributed by atoms with Crippen molar-refractivity contribution < 1.29 is 33.4 Å². The molecule has 0 saturated heterocycles. The minimum absolute atomic E-state index is 0.167. The van der Waals surface area contributed by atoms with Gasteiger partial charge in [0.25, 0.3) is 0 Å². The number of benzene rings is 1. The molecular weight excluding hydrogens is 318 g/mol. The molecule has 1 aromatic carbocycles. The van der Waals surface area contributed by atoms with Crippen molar-refractivity contribution in [3.05, 3.63) is 29.3 Å². The third-order valence-corrected chi connectivity index (χ3v) is 2.57. The Labute approximate surface area is 140 Å². The average Bonchev–Trinajstić information content (AvgIpc) is 2.48. The predicted octanol–water partition coefficient (Wildman–Crippen LogP) is 2.47. The van der Waals surface area contributed by atoms with E-state index in [-0.39, 0.29) is 29.5 Å². The van der Waals surface area contributed by atoms with Crippen LogP contribution in [0.2, 0.25) is 0 Å². The minimum Gasteiger partial charge on any atom is -0.465 e. The van der Waals surface area contributed by atoms with Crippen molar-refractivity contribution in [3.63, 3.8) is 0 Å². The van der Waals surface area contributed by atoms with Gasteiger partial charge in [0.05, 0.1) is 12.7 Å². The number of ketones is 1. The summed E-state index contributed by atoms with van der Waals surface area (Å²) in [5.41, 5.74) is 1.85. The normalized spacial score (nSPS) is 10.7. The van der Waals surface area contributed by atoms with Gasteiger partial charge in [-0.1, -0.05) is 0 Å². The predicted molar refractivity (Wildman–Crippen MR) is 83.7 cm³/mol. The smallest absolute Gasteiger partial charge is 0.431 e. The Morgan fingerprint density at radius 3 is 2.25 bits per heavy atom. The SMILES string of the molecule is COC(=O)c1cc(OCONC(=O)OC(C)(C)C)cc(C(C)=O)c1. The maximum absolute atomic E-state index is 11.6. The standard InChI is InChI=1S/C16H21NO7/c1-10(18)11-6-12(14(19)21-5)8-13(7-11)22-9-23-17-15(20)24-16(2,3)4/h6-8H,9H2,1-5H3,(H,17,20). The van der Waals surface area contributed by atoms with Gasteiger partial charge >= 0.3 is 12.1 Å². The van der Waals surface area contributed by atoms with Gasteiger partial charge in [0.1, 0.15) is 11.4 Å². The highest BCUT2D eigenvalue weighted by atomic mass is 16.8. The first kappa shape index (κ1) is 19.4. The largest absolute Gasteiger partial charge is 0.465 e. The zero-order valence-corrected chi connectivity index (χ0v) is 14.3. The third kappa shape index (κ3) is 6.66. The second-order valence-corrected chi connectivity index (χ2v) is 5.80. The van der Waals surface area contributed by atoms with Gasteiger partial charge in [-0.15, -0.1) is 0 Å². The van der Waals surface area contributed by atoms with Crippen molar-refractivity contribution in [2.24, 2.45) is 0 Å². The molecule has 8 heteroatoms. The molecule has 1 N–H and O–H groups in total. The Morgan fingerprint density at radius 2 is 1.71 bits per heavy atom. The van der Waals surface area contributed by atoms with E-state index in [1.54, 1.807) is 20.8 Å². The number of hydrogen-bond acceptors (Lipinski definition) is 7. The first-order valence-corrected chi connectivity index (χ1v) is 7.10. The Bertz CT molecular complexity index is 619. The molecule has 132 valence electrons. The van der Waals surface area contributed by atoms with Gasteiger partial charge in [-0.2, -0.15) is 5.48 Å². The molecule has 0 unspecified atom stereocenters. The lowest BCUT2D eigenvalue weighted by Gasteiger charge is -2.19. The number of esters is 1. The summed E-state index contributed by atoms with van der Waals surface area (Å²) in [6.45, 7) is 6.15. The fourth-order valence-corrected chi connectivity index (χ4v) is 1.61. The molecule has 0 heterocycles. The number of ether oxygens (including phenoxy) is 3. The van der Waals surface area contributed by atoms with Crippen LogP contribution in [0.5, 0.6) is 5.75 Å². The molecule has 0 aliphatic carbocycles. The Morgan fingerprint density at radius 1 is 1.08 bits per heavy atom. The van der Waals surface area contributed by atoms with Gasteiger partial charge in [0.15, 0.2) is 5.78 Å². The van der Waals surface area contributed by atoms with E-state index in [0.29, 0.717) is 0 Å². The number of Topliss-reactive ketones (excluding diaryl/α,β-unsaturated/α-hetero) is 1. The third-order valence-electron chi connectivity index (χ3n) is 2.57. The van der Waals surface area contributed by atoms with Crippen molar-refractivity contribution in [2.45, 2.75) is 33.3 Å². The second-order valence-electron chi connectivity index (χ2n) is 5.80. The van der Waals surface area contributed by atoms with Crippen LogP contribution in [0.25, 0.3) is 0 Å². The quantitative estimate of drug-likeness (QED) is 0.279. The Balaban J connectivity index is 2.64. The monoisotopic (exact) mass is 339 g/mol. The van der Waals surface area contributed by atoms with Crippen molar-refractivity contribution >= 4 is 17.8 Å². The molecule has 8 nitrogen and oxygen atoms in total. The van der Waals surface area contributed by atoms with Crippen molar-refractivity contribution in [1.29, 1.82) is 0 Å². The van der Waals surface area contributed by atoms with Crippen molar-refractivity contribution in [1.82, 2.24) is 5.48 Å². The number of methoxy groups -OCH3 is 1. The minimum atomic E-state index is -0.765. The molecule has 0 fully saturated rings. The van der Waals surface area contributed by atoms with Crippen molar-refractivity contribution in [2.75, 3.05) is 13.9 Å². The molecule has 0 bridgehead atoms. The lowest BCUT2D eigenvalue weighted by molar-refractivity contribution is -0.0568. The van der Waals surface area contributed by atoms with E-state index in [2.05, 4.69) is 10.2 Å². The fraction of sp³-hybridized carbons (Fsp3) is 0.438. The Kier molecular flexibility index (Phi) is 6.72. The van der Waals surface area contributed by atoms with Gasteiger partial charge in [0, 0.05) is 5.56 Å². The summed E-state index contributed by atoms with van der Waals surface area (Å²) in [5.74, 6) is -0.622. The first-order valence-electron chi connectivity index (χ1n) is 7.10. The molecular formula is C16H21NO7. The molecule has 0 radical (unpaired) electrons. The van der Waals surface area contributed by atoms with Crippen molar-refractivity contribution in [3.8, 4) is 5.75 Å². The van der Waals surface area contributed by atoms with Crippen LogP contribution in [-0.2, 0) is 14.3 Å². The molecule has 0 saturated carbocycles. The number of nitrogens with one attached hydrogen (secondary N) is 1. The van der Waals surface area contributed by atoms with E-state index in [1.807, 2.05) is 0 Å². The van der Waals surface area contributed by atoms with E-state index in [9.17, 15) is 14.4 Å². The molecule has 0 aromatic heterocycles. The summed E-state index contributed by atoms with van der Waals surface area (Å²) in [7, 11) is 1.23. The number of carbonyl (C=O) groups excluding carboxylic acids is 3. The van der Waals surface area contributed by atoms with Crippen LogP contribution in [0, 0.1) is 0 Å². The van der Waals surface area contributed by atoms with Crippen LogP contribution in [0.1, 0.15) is 48.4 Å². The molecule has 0 spiro atoms. The van der Waals surface area contributed by atoms with E-state index in [4.69, 9.17) is 14.3 Å². The van der Waals surface area contributed by atoms with Crippen LogP contribution >= 0.6 is 0 Å². The number of hydrogen-bond donors (Lipinski definition) is 1. The van der Waals surface area contributed by atoms with Gasteiger partial charge in [-0.3, -0.25) is 4.79 Å². The number of rotatable bonds is 6. The zero-order valence-electron chi connectivity index (χ0n) is 14.3. The summed E-state index contributed by atoms with van der Waals surface area (Å²) < 4.78 is 14.8. The molecule has 1 aromatic rings. The van der Waals surface area contributed by atoms with Crippen LogP contribution in [0.15, 0.2) is 18.2 Å². The molecule has 0 aliphatic heterocycles. The average molecular weight is 339 g/mol. The van der Waals surface area contributed by atoms with E-state index in [0.717, 1.165) is 0 Å². The highest BCUT2D eigenvalue weighted by Crippen LogP contribution is 2.18.